The van der Waals surface area contributed by atoms with Crippen LogP contribution >= 0.6 is 7.92 Å². The highest BCUT2D eigenvalue weighted by Crippen LogP contribution is 2.38. The Morgan fingerprint density at radius 3 is 1.76 bits per heavy atom. The molecule has 0 spiro atoms. The van der Waals surface area contributed by atoms with Gasteiger partial charge in [-0.05, 0) is 36.2 Å². The molecular weight excluding hydrogens is 275 g/mol. The van der Waals surface area contributed by atoms with E-state index in [1.54, 1.807) is 12.1 Å². The zero-order valence-corrected chi connectivity index (χ0v) is 12.6. The van der Waals surface area contributed by atoms with Crippen LogP contribution in [0.5, 0.6) is 5.75 Å². The molecule has 1 atom stereocenters. The fourth-order valence-electron chi connectivity index (χ4n) is 2.34. The predicted molar refractivity (Wildman–Crippen MR) is 90.9 cm³/mol. The maximum absolute atomic E-state index is 9.51. The van der Waals surface area contributed by atoms with Gasteiger partial charge in [0.1, 0.15) is 5.75 Å². The van der Waals surface area contributed by atoms with Gasteiger partial charge < -0.3 is 5.11 Å². The summed E-state index contributed by atoms with van der Waals surface area (Å²) in [5, 5.41) is 12.2. The van der Waals surface area contributed by atoms with Gasteiger partial charge in [-0.2, -0.15) is 0 Å². The van der Waals surface area contributed by atoms with Crippen molar-refractivity contribution < 1.29 is 5.11 Å². The van der Waals surface area contributed by atoms with Gasteiger partial charge >= 0.3 is 0 Å². The molecule has 1 unspecified atom stereocenters. The van der Waals surface area contributed by atoms with Crippen molar-refractivity contribution in [2.24, 2.45) is 0 Å². The average molecular weight is 292 g/mol. The minimum absolute atomic E-state index is 0.321. The van der Waals surface area contributed by atoms with Crippen LogP contribution in [0.15, 0.2) is 84.9 Å². The lowest BCUT2D eigenvalue weighted by Gasteiger charge is -2.19. The molecule has 0 aliphatic rings. The van der Waals surface area contributed by atoms with E-state index >= 15 is 0 Å². The Morgan fingerprint density at radius 2 is 1.14 bits per heavy atom. The number of hydrogen-bond donors (Lipinski definition) is 1. The van der Waals surface area contributed by atoms with Crippen LogP contribution in [0, 0.1) is 0 Å². The van der Waals surface area contributed by atoms with Crippen LogP contribution < -0.4 is 10.6 Å². The molecule has 1 N–H and O–H groups in total. The van der Waals surface area contributed by atoms with Gasteiger partial charge in [-0.3, -0.25) is 0 Å². The molecule has 21 heavy (non-hydrogen) atoms. The van der Waals surface area contributed by atoms with E-state index in [0.29, 0.717) is 5.75 Å². The van der Waals surface area contributed by atoms with Crippen molar-refractivity contribution in [3.63, 3.8) is 0 Å². The van der Waals surface area contributed by atoms with Crippen molar-refractivity contribution in [2.75, 3.05) is 0 Å². The largest absolute Gasteiger partial charge is 0.508 e. The molecule has 0 saturated heterocycles. The SMILES string of the molecule is Oc1ccc(P(Cc2ccccc2)c2ccccc2)cc1. The molecule has 0 saturated carbocycles. The average Bonchev–Trinajstić information content (AvgIpc) is 2.55. The van der Waals surface area contributed by atoms with Crippen molar-refractivity contribution in [3.8, 4) is 5.75 Å². The lowest BCUT2D eigenvalue weighted by atomic mass is 10.2. The molecule has 3 aromatic rings. The molecule has 0 aromatic heterocycles. The Bertz CT molecular complexity index is 678. The van der Waals surface area contributed by atoms with Gasteiger partial charge in [-0.1, -0.05) is 72.8 Å². The predicted octanol–water partition coefficient (Wildman–Crippen LogP) is 4.03. The minimum Gasteiger partial charge on any atom is -0.508 e. The summed E-state index contributed by atoms with van der Waals surface area (Å²) in [7, 11) is -0.451. The molecule has 0 heterocycles. The quantitative estimate of drug-likeness (QED) is 0.720. The van der Waals surface area contributed by atoms with Crippen LogP contribution in [0.4, 0.5) is 0 Å². The molecule has 0 aliphatic heterocycles. The number of phenolic OH excluding ortho intramolecular Hbond substituents is 1. The van der Waals surface area contributed by atoms with E-state index in [0.717, 1.165) is 6.16 Å². The maximum Gasteiger partial charge on any atom is 0.115 e. The third kappa shape index (κ3) is 3.51. The van der Waals surface area contributed by atoms with E-state index in [4.69, 9.17) is 0 Å². The highest BCUT2D eigenvalue weighted by atomic mass is 31.1. The second-order valence-electron chi connectivity index (χ2n) is 4.92. The van der Waals surface area contributed by atoms with Crippen molar-refractivity contribution in [1.29, 1.82) is 0 Å². The van der Waals surface area contributed by atoms with Gasteiger partial charge in [-0.25, -0.2) is 0 Å². The number of benzene rings is 3. The summed E-state index contributed by atoms with van der Waals surface area (Å²) in [6.07, 6.45) is 1.02. The van der Waals surface area contributed by atoms with Gasteiger partial charge in [0, 0.05) is 6.16 Å². The monoisotopic (exact) mass is 292 g/mol. The molecule has 0 aliphatic carbocycles. The van der Waals surface area contributed by atoms with Crippen LogP contribution in [0.25, 0.3) is 0 Å². The Kier molecular flexibility index (Phi) is 4.33. The first-order valence-electron chi connectivity index (χ1n) is 6.98. The summed E-state index contributed by atoms with van der Waals surface area (Å²) in [4.78, 5) is 0. The maximum atomic E-state index is 9.51. The molecule has 0 fully saturated rings. The van der Waals surface area contributed by atoms with Crippen LogP contribution in [0.2, 0.25) is 0 Å². The number of hydrogen-bond acceptors (Lipinski definition) is 1. The second kappa shape index (κ2) is 6.56. The molecule has 1 nitrogen and oxygen atoms in total. The van der Waals surface area contributed by atoms with Gasteiger partial charge in [0.2, 0.25) is 0 Å². The molecule has 104 valence electrons. The smallest absolute Gasteiger partial charge is 0.115 e. The molecule has 0 amide bonds. The van der Waals surface area contributed by atoms with Crippen LogP contribution in [0.1, 0.15) is 5.56 Å². The fourth-order valence-corrected chi connectivity index (χ4v) is 4.62. The molecule has 3 aromatic carbocycles. The zero-order valence-electron chi connectivity index (χ0n) is 11.7. The van der Waals surface area contributed by atoms with E-state index in [1.165, 1.54) is 16.2 Å². The first-order valence-corrected chi connectivity index (χ1v) is 8.51. The zero-order chi connectivity index (χ0) is 14.5. The van der Waals surface area contributed by atoms with E-state index in [-0.39, 0.29) is 0 Å². The molecule has 2 heteroatoms. The third-order valence-corrected chi connectivity index (χ3v) is 5.94. The first kappa shape index (κ1) is 13.9. The summed E-state index contributed by atoms with van der Waals surface area (Å²) < 4.78 is 0. The number of aromatic hydroxyl groups is 1. The molecular formula is C19H17OP. The van der Waals surface area contributed by atoms with Gasteiger partial charge in [-0.15, -0.1) is 0 Å². The van der Waals surface area contributed by atoms with Gasteiger partial charge in [0.05, 0.1) is 0 Å². The third-order valence-electron chi connectivity index (χ3n) is 3.41. The van der Waals surface area contributed by atoms with Crippen molar-refractivity contribution in [1.82, 2.24) is 0 Å². The van der Waals surface area contributed by atoms with Crippen LogP contribution in [-0.4, -0.2) is 5.11 Å². The summed E-state index contributed by atoms with van der Waals surface area (Å²) in [5.41, 5.74) is 1.35. The highest BCUT2D eigenvalue weighted by molar-refractivity contribution is 7.72. The van der Waals surface area contributed by atoms with Crippen LogP contribution in [0.3, 0.4) is 0 Å². The molecule has 3 rings (SSSR count). The Hall–Kier alpha value is -2.11. The highest BCUT2D eigenvalue weighted by Gasteiger charge is 2.14. The molecule has 0 bridgehead atoms. The Labute approximate surface area is 126 Å². The number of rotatable bonds is 4. The van der Waals surface area contributed by atoms with Crippen molar-refractivity contribution >= 4 is 18.5 Å². The molecule has 0 radical (unpaired) electrons. The van der Waals surface area contributed by atoms with Crippen LogP contribution in [-0.2, 0) is 6.16 Å². The summed E-state index contributed by atoms with van der Waals surface area (Å²) >= 11 is 0. The second-order valence-corrected chi connectivity index (χ2v) is 7.13. The van der Waals surface area contributed by atoms with E-state index in [1.807, 2.05) is 12.1 Å². The Morgan fingerprint density at radius 1 is 0.619 bits per heavy atom. The summed E-state index contributed by atoms with van der Waals surface area (Å²) in [6, 6.07) is 28.8. The van der Waals surface area contributed by atoms with Crippen molar-refractivity contribution in [2.45, 2.75) is 6.16 Å². The first-order chi connectivity index (χ1) is 10.3. The van der Waals surface area contributed by atoms with Crippen molar-refractivity contribution in [3.05, 3.63) is 90.5 Å². The fraction of sp³-hybridized carbons (Fsp3) is 0.0526. The summed E-state index contributed by atoms with van der Waals surface area (Å²) in [6.45, 7) is 0. The van der Waals surface area contributed by atoms with Gasteiger partial charge in [0.25, 0.3) is 0 Å². The van der Waals surface area contributed by atoms with E-state index in [2.05, 4.69) is 60.7 Å². The normalized spacial score (nSPS) is 12.0. The lowest BCUT2D eigenvalue weighted by Crippen LogP contribution is -2.12. The Balaban J connectivity index is 1.97. The topological polar surface area (TPSA) is 20.2 Å². The lowest BCUT2D eigenvalue weighted by molar-refractivity contribution is 0.475. The van der Waals surface area contributed by atoms with E-state index < -0.39 is 7.92 Å². The van der Waals surface area contributed by atoms with Gasteiger partial charge in [0.15, 0.2) is 0 Å². The summed E-state index contributed by atoms with van der Waals surface area (Å²) in [5.74, 6) is 0.321. The van der Waals surface area contributed by atoms with E-state index in [9.17, 15) is 5.11 Å². The minimum atomic E-state index is -0.451. The number of phenols is 1. The standard InChI is InChI=1S/C19H17OP/c20-17-11-13-19(14-12-17)21(18-9-5-2-6-10-18)15-16-7-3-1-4-8-16/h1-14,20H,15H2.